The van der Waals surface area contributed by atoms with Crippen LogP contribution in [0.4, 0.5) is 0 Å². The number of likely N-dealkylation sites (N-methyl/N-ethyl adjacent to an activating group) is 1. The fourth-order valence-electron chi connectivity index (χ4n) is 4.06. The monoisotopic (exact) mass is 383 g/mol. The number of hydrogen-bond donors (Lipinski definition) is 1. The van der Waals surface area contributed by atoms with Crippen molar-refractivity contribution in [3.8, 4) is 0 Å². The largest absolute Gasteiger partial charge is 0.387 e. The molecule has 124 valence electrons. The Balaban J connectivity index is 1.93. The molecule has 0 amide bonds. The van der Waals surface area contributed by atoms with Crippen molar-refractivity contribution in [1.29, 1.82) is 0 Å². The van der Waals surface area contributed by atoms with E-state index in [1.807, 2.05) is 0 Å². The van der Waals surface area contributed by atoms with Crippen molar-refractivity contribution in [2.75, 3.05) is 13.6 Å². The molecule has 0 aromatic heterocycles. The summed E-state index contributed by atoms with van der Waals surface area (Å²) in [6.45, 7) is 1.07. The predicted molar refractivity (Wildman–Crippen MR) is 104 cm³/mol. The van der Waals surface area contributed by atoms with Crippen molar-refractivity contribution < 1.29 is 5.11 Å². The summed E-state index contributed by atoms with van der Waals surface area (Å²) >= 11 is 3.60. The highest BCUT2D eigenvalue weighted by molar-refractivity contribution is 9.10. The predicted octanol–water partition coefficient (Wildman–Crippen LogP) is 5.27. The Morgan fingerprint density at radius 2 is 1.88 bits per heavy atom. The average Bonchev–Trinajstić information content (AvgIpc) is 2.61. The van der Waals surface area contributed by atoms with Crippen molar-refractivity contribution in [1.82, 2.24) is 4.90 Å². The molecule has 1 aliphatic heterocycles. The Hall–Kier alpha value is -1.42. The first kappa shape index (κ1) is 16.1. The molecule has 0 spiro atoms. The molecular formula is C21H22BrNO. The number of hydrogen-bond acceptors (Lipinski definition) is 2. The van der Waals surface area contributed by atoms with Gasteiger partial charge < -0.3 is 10.0 Å². The van der Waals surface area contributed by atoms with E-state index < -0.39 is 6.10 Å². The minimum Gasteiger partial charge on any atom is -0.387 e. The fraction of sp³-hybridized carbons (Fsp3) is 0.333. The van der Waals surface area contributed by atoms with E-state index in [-0.39, 0.29) is 6.04 Å². The third-order valence-corrected chi connectivity index (χ3v) is 5.86. The van der Waals surface area contributed by atoms with Gasteiger partial charge in [0.15, 0.2) is 0 Å². The maximum atomic E-state index is 11.2. The molecule has 24 heavy (non-hydrogen) atoms. The average molecular weight is 384 g/mol. The highest BCUT2D eigenvalue weighted by Gasteiger charge is 2.28. The lowest BCUT2D eigenvalue weighted by atomic mass is 9.88. The van der Waals surface area contributed by atoms with Crippen molar-refractivity contribution in [3.63, 3.8) is 0 Å². The topological polar surface area (TPSA) is 23.5 Å². The smallest absolute Gasteiger partial charge is 0.0951 e. The van der Waals surface area contributed by atoms with Crippen LogP contribution < -0.4 is 0 Å². The highest BCUT2D eigenvalue weighted by atomic mass is 79.9. The molecule has 3 aromatic rings. The van der Waals surface area contributed by atoms with E-state index in [2.05, 4.69) is 76.4 Å². The van der Waals surface area contributed by atoms with Crippen LogP contribution in [0.5, 0.6) is 0 Å². The van der Waals surface area contributed by atoms with Crippen LogP contribution in [0, 0.1) is 0 Å². The summed E-state index contributed by atoms with van der Waals surface area (Å²) in [6, 6.07) is 17.2. The summed E-state index contributed by atoms with van der Waals surface area (Å²) < 4.78 is 1.07. The van der Waals surface area contributed by atoms with Gasteiger partial charge in [0.2, 0.25) is 0 Å². The Kier molecular flexibility index (Phi) is 4.33. The van der Waals surface area contributed by atoms with E-state index in [0.29, 0.717) is 0 Å². The molecule has 0 radical (unpaired) electrons. The van der Waals surface area contributed by atoms with E-state index in [1.165, 1.54) is 29.0 Å². The van der Waals surface area contributed by atoms with Gasteiger partial charge in [-0.05, 0) is 71.7 Å². The number of aliphatic hydroxyl groups is 1. The zero-order valence-electron chi connectivity index (χ0n) is 13.9. The number of likely N-dealkylation sites (tertiary alicyclic amines) is 1. The molecular weight excluding hydrogens is 362 g/mol. The fourth-order valence-corrected chi connectivity index (χ4v) is 4.42. The van der Waals surface area contributed by atoms with Gasteiger partial charge in [-0.1, -0.05) is 52.7 Å². The highest BCUT2D eigenvalue weighted by Crippen LogP contribution is 2.37. The molecule has 4 rings (SSSR count). The molecule has 0 aliphatic carbocycles. The first-order valence-corrected chi connectivity index (χ1v) is 9.43. The summed E-state index contributed by atoms with van der Waals surface area (Å²) in [5.41, 5.74) is 1.05. The van der Waals surface area contributed by atoms with Crippen LogP contribution in [0.25, 0.3) is 21.5 Å². The minimum absolute atomic E-state index is 0.201. The van der Waals surface area contributed by atoms with Crippen LogP contribution in [0.1, 0.15) is 30.9 Å². The van der Waals surface area contributed by atoms with E-state index in [4.69, 9.17) is 0 Å². The molecule has 1 fully saturated rings. The number of nitrogens with zero attached hydrogens (tertiary/aromatic N) is 1. The van der Waals surface area contributed by atoms with Gasteiger partial charge in [-0.3, -0.25) is 0 Å². The van der Waals surface area contributed by atoms with Crippen LogP contribution in [0.3, 0.4) is 0 Å². The van der Waals surface area contributed by atoms with Gasteiger partial charge in [0, 0.05) is 10.5 Å². The summed E-state index contributed by atoms with van der Waals surface area (Å²) in [5.74, 6) is 0. The number of piperidine rings is 1. The quantitative estimate of drug-likeness (QED) is 0.609. The van der Waals surface area contributed by atoms with Crippen LogP contribution in [-0.4, -0.2) is 29.6 Å². The third kappa shape index (κ3) is 2.75. The summed E-state index contributed by atoms with van der Waals surface area (Å²) in [5, 5.41) is 16.0. The molecule has 0 bridgehead atoms. The van der Waals surface area contributed by atoms with Crippen LogP contribution in [0.2, 0.25) is 0 Å². The second kappa shape index (κ2) is 6.47. The molecule has 3 aromatic carbocycles. The summed E-state index contributed by atoms with van der Waals surface area (Å²) in [4.78, 5) is 2.31. The van der Waals surface area contributed by atoms with E-state index in [9.17, 15) is 5.11 Å². The lowest BCUT2D eigenvalue weighted by Gasteiger charge is -2.36. The van der Waals surface area contributed by atoms with Gasteiger partial charge in [-0.25, -0.2) is 0 Å². The van der Waals surface area contributed by atoms with Gasteiger partial charge >= 0.3 is 0 Å². The van der Waals surface area contributed by atoms with Gasteiger partial charge in [0.05, 0.1) is 6.10 Å². The van der Waals surface area contributed by atoms with Gasteiger partial charge in [-0.15, -0.1) is 0 Å². The molecule has 1 heterocycles. The first-order valence-electron chi connectivity index (χ1n) is 8.64. The Morgan fingerprint density at radius 3 is 2.71 bits per heavy atom. The van der Waals surface area contributed by atoms with Crippen molar-refractivity contribution in [2.24, 2.45) is 0 Å². The molecule has 1 saturated heterocycles. The molecule has 1 N–H and O–H groups in total. The Bertz CT molecular complexity index is 892. The number of halogens is 1. The van der Waals surface area contributed by atoms with Gasteiger partial charge in [0.1, 0.15) is 0 Å². The first-order chi connectivity index (χ1) is 11.6. The van der Waals surface area contributed by atoms with Crippen molar-refractivity contribution in [3.05, 3.63) is 58.6 Å². The maximum absolute atomic E-state index is 11.2. The van der Waals surface area contributed by atoms with Gasteiger partial charge in [-0.2, -0.15) is 0 Å². The number of rotatable bonds is 2. The molecule has 2 atom stereocenters. The zero-order chi connectivity index (χ0) is 16.7. The van der Waals surface area contributed by atoms with Crippen molar-refractivity contribution >= 4 is 37.5 Å². The van der Waals surface area contributed by atoms with Gasteiger partial charge in [0.25, 0.3) is 0 Å². The van der Waals surface area contributed by atoms with Crippen LogP contribution >= 0.6 is 15.9 Å². The molecule has 1 aliphatic rings. The second-order valence-electron chi connectivity index (χ2n) is 6.87. The number of benzene rings is 3. The molecule has 2 unspecified atom stereocenters. The summed E-state index contributed by atoms with van der Waals surface area (Å²) in [6.07, 6.45) is 3.03. The molecule has 3 heteroatoms. The summed E-state index contributed by atoms with van der Waals surface area (Å²) in [7, 11) is 2.13. The normalized spacial score (nSPS) is 20.5. The lowest BCUT2D eigenvalue weighted by Crippen LogP contribution is -2.40. The zero-order valence-corrected chi connectivity index (χ0v) is 15.5. The number of aliphatic hydroxyl groups excluding tert-OH is 1. The van der Waals surface area contributed by atoms with E-state index in [1.54, 1.807) is 0 Å². The standard InChI is InChI=1S/C21H22BrNO/c1-23-11-5-4-8-20(23)21(24)19-12-14-6-2-3-7-16(14)18-13-15(22)9-10-17(18)19/h2-3,6-7,9-10,12-13,20-21,24H,4-5,8,11H2,1H3. The molecule has 2 nitrogen and oxygen atoms in total. The second-order valence-corrected chi connectivity index (χ2v) is 7.78. The Labute approximate surface area is 151 Å². The van der Waals surface area contributed by atoms with Crippen LogP contribution in [0.15, 0.2) is 53.0 Å². The lowest BCUT2D eigenvalue weighted by molar-refractivity contribution is 0.0413. The van der Waals surface area contributed by atoms with Crippen LogP contribution in [-0.2, 0) is 0 Å². The van der Waals surface area contributed by atoms with Crippen molar-refractivity contribution in [2.45, 2.75) is 31.4 Å². The van der Waals surface area contributed by atoms with E-state index >= 15 is 0 Å². The molecule has 0 saturated carbocycles. The SMILES string of the molecule is CN1CCCCC1C(O)c1cc2ccccc2c2cc(Br)ccc12. The number of fused-ring (bicyclic) bond motifs is 3. The Morgan fingerprint density at radius 1 is 1.04 bits per heavy atom. The maximum Gasteiger partial charge on any atom is 0.0951 e. The van der Waals surface area contributed by atoms with E-state index in [0.717, 1.165) is 28.4 Å². The third-order valence-electron chi connectivity index (χ3n) is 5.36. The minimum atomic E-state index is -0.455.